The maximum absolute atomic E-state index is 11.4. The minimum Gasteiger partial charge on any atom is -0.355 e. The van der Waals surface area contributed by atoms with Crippen molar-refractivity contribution < 1.29 is 4.79 Å². The van der Waals surface area contributed by atoms with Crippen molar-refractivity contribution in [2.24, 2.45) is 0 Å². The molecule has 18 heavy (non-hydrogen) atoms. The van der Waals surface area contributed by atoms with Gasteiger partial charge in [0.15, 0.2) is 0 Å². The Morgan fingerprint density at radius 1 is 1.17 bits per heavy atom. The van der Waals surface area contributed by atoms with Crippen LogP contribution in [0.25, 0.3) is 0 Å². The summed E-state index contributed by atoms with van der Waals surface area (Å²) in [7, 11) is 2.15. The summed E-state index contributed by atoms with van der Waals surface area (Å²) in [5, 5.41) is 6.08. The number of hydrogen-bond donors (Lipinski definition) is 2. The lowest BCUT2D eigenvalue weighted by Crippen LogP contribution is -2.35. The molecular weight excluding hydrogens is 226 g/mol. The van der Waals surface area contributed by atoms with Crippen LogP contribution in [0.15, 0.2) is 0 Å². The second kappa shape index (κ2) is 11.5. The maximum atomic E-state index is 11.4. The fourth-order valence-corrected chi connectivity index (χ4v) is 1.54. The highest BCUT2D eigenvalue weighted by molar-refractivity contribution is 5.77. The van der Waals surface area contributed by atoms with Gasteiger partial charge in [0, 0.05) is 12.6 Å². The Hall–Kier alpha value is -0.610. The summed E-state index contributed by atoms with van der Waals surface area (Å²) >= 11 is 0. The normalized spacial score (nSPS) is 11.2. The molecule has 0 atom stereocenters. The van der Waals surface area contributed by atoms with E-state index in [4.69, 9.17) is 0 Å². The van der Waals surface area contributed by atoms with Gasteiger partial charge < -0.3 is 15.5 Å². The first kappa shape index (κ1) is 17.4. The van der Waals surface area contributed by atoms with E-state index in [0.717, 1.165) is 38.9 Å². The maximum Gasteiger partial charge on any atom is 0.233 e. The van der Waals surface area contributed by atoms with Crippen LogP contribution in [0.4, 0.5) is 0 Å². The molecule has 4 nitrogen and oxygen atoms in total. The number of carbonyl (C=O) groups excluding carboxylic acids is 1. The van der Waals surface area contributed by atoms with Crippen molar-refractivity contribution in [3.63, 3.8) is 0 Å². The van der Waals surface area contributed by atoms with Crippen LogP contribution in [0.5, 0.6) is 0 Å². The molecule has 2 N–H and O–H groups in total. The number of amides is 1. The van der Waals surface area contributed by atoms with Gasteiger partial charge in [-0.25, -0.2) is 0 Å². The number of nitrogens with zero attached hydrogens (tertiary/aromatic N) is 1. The highest BCUT2D eigenvalue weighted by Gasteiger charge is 2.02. The molecule has 0 unspecified atom stereocenters. The van der Waals surface area contributed by atoms with Gasteiger partial charge in [-0.2, -0.15) is 0 Å². The first-order chi connectivity index (χ1) is 8.57. The second-order valence-corrected chi connectivity index (χ2v) is 5.16. The summed E-state index contributed by atoms with van der Waals surface area (Å²) in [4.78, 5) is 13.7. The number of nitrogens with one attached hydrogen (secondary N) is 2. The van der Waals surface area contributed by atoms with Crippen LogP contribution in [0, 0.1) is 0 Å². The Kier molecular flexibility index (Phi) is 11.1. The molecule has 0 aromatic carbocycles. The Morgan fingerprint density at radius 2 is 1.89 bits per heavy atom. The first-order valence-electron chi connectivity index (χ1n) is 7.25. The topological polar surface area (TPSA) is 44.4 Å². The monoisotopic (exact) mass is 257 g/mol. The van der Waals surface area contributed by atoms with Gasteiger partial charge in [0.2, 0.25) is 5.91 Å². The average Bonchev–Trinajstić information content (AvgIpc) is 2.33. The number of carbonyl (C=O) groups is 1. The number of rotatable bonds is 11. The Balaban J connectivity index is 3.27. The van der Waals surface area contributed by atoms with E-state index >= 15 is 0 Å². The molecule has 0 saturated heterocycles. The third-order valence-electron chi connectivity index (χ3n) is 3.13. The lowest BCUT2D eigenvalue weighted by molar-refractivity contribution is -0.120. The molecule has 0 radical (unpaired) electrons. The lowest BCUT2D eigenvalue weighted by Gasteiger charge is -2.20. The third kappa shape index (κ3) is 10.5. The zero-order chi connectivity index (χ0) is 13.8. The van der Waals surface area contributed by atoms with Crippen molar-refractivity contribution in [2.45, 2.75) is 52.5 Å². The van der Waals surface area contributed by atoms with Crippen molar-refractivity contribution in [2.75, 3.05) is 33.2 Å². The van der Waals surface area contributed by atoms with Crippen molar-refractivity contribution in [3.05, 3.63) is 0 Å². The van der Waals surface area contributed by atoms with E-state index in [1.807, 2.05) is 0 Å². The molecule has 0 aromatic rings. The molecule has 0 spiro atoms. The van der Waals surface area contributed by atoms with E-state index in [1.54, 1.807) is 0 Å². The van der Waals surface area contributed by atoms with E-state index in [2.05, 4.69) is 43.4 Å². The van der Waals surface area contributed by atoms with Crippen LogP contribution in [0.3, 0.4) is 0 Å². The van der Waals surface area contributed by atoms with Crippen LogP contribution in [0.1, 0.15) is 46.5 Å². The first-order valence-corrected chi connectivity index (χ1v) is 7.25. The van der Waals surface area contributed by atoms with Crippen molar-refractivity contribution in [1.82, 2.24) is 15.5 Å². The molecule has 0 aliphatic heterocycles. The fraction of sp³-hybridized carbons (Fsp3) is 0.929. The van der Waals surface area contributed by atoms with Gasteiger partial charge in [0.25, 0.3) is 0 Å². The smallest absolute Gasteiger partial charge is 0.233 e. The van der Waals surface area contributed by atoms with Gasteiger partial charge in [-0.05, 0) is 53.2 Å². The fourth-order valence-electron chi connectivity index (χ4n) is 1.54. The summed E-state index contributed by atoms with van der Waals surface area (Å²) in [5.41, 5.74) is 0. The largest absolute Gasteiger partial charge is 0.355 e. The summed E-state index contributed by atoms with van der Waals surface area (Å²) in [6.07, 6.45) is 4.49. The summed E-state index contributed by atoms with van der Waals surface area (Å²) in [5.74, 6) is 0.114. The number of unbranched alkanes of at least 4 members (excludes halogenated alkanes) is 2. The zero-order valence-electron chi connectivity index (χ0n) is 12.6. The summed E-state index contributed by atoms with van der Waals surface area (Å²) < 4.78 is 0. The van der Waals surface area contributed by atoms with Gasteiger partial charge in [0.1, 0.15) is 0 Å². The molecule has 0 heterocycles. The Labute approximate surface area is 113 Å². The predicted molar refractivity (Wildman–Crippen MR) is 77.8 cm³/mol. The van der Waals surface area contributed by atoms with Gasteiger partial charge in [-0.1, -0.05) is 13.3 Å². The van der Waals surface area contributed by atoms with Crippen LogP contribution >= 0.6 is 0 Å². The summed E-state index contributed by atoms with van der Waals surface area (Å²) in [6.45, 7) is 9.84. The van der Waals surface area contributed by atoms with E-state index in [-0.39, 0.29) is 5.91 Å². The van der Waals surface area contributed by atoms with Crippen LogP contribution in [0.2, 0.25) is 0 Å². The molecule has 108 valence electrons. The van der Waals surface area contributed by atoms with Crippen molar-refractivity contribution >= 4 is 5.91 Å². The SMILES string of the molecule is CCCCNC(=O)CNCCCCN(C)C(C)C. The van der Waals surface area contributed by atoms with Gasteiger partial charge in [-0.3, -0.25) is 4.79 Å². The van der Waals surface area contributed by atoms with Gasteiger partial charge >= 0.3 is 0 Å². The standard InChI is InChI=1S/C14H31N3O/c1-5-6-10-16-14(18)12-15-9-7-8-11-17(4)13(2)3/h13,15H,5-12H2,1-4H3,(H,16,18). The Morgan fingerprint density at radius 3 is 2.50 bits per heavy atom. The van der Waals surface area contributed by atoms with E-state index in [1.165, 1.54) is 6.42 Å². The number of hydrogen-bond acceptors (Lipinski definition) is 3. The average molecular weight is 257 g/mol. The molecule has 0 bridgehead atoms. The zero-order valence-corrected chi connectivity index (χ0v) is 12.6. The quantitative estimate of drug-likeness (QED) is 0.553. The molecule has 0 aliphatic rings. The van der Waals surface area contributed by atoms with Gasteiger partial charge in [-0.15, -0.1) is 0 Å². The van der Waals surface area contributed by atoms with Crippen LogP contribution in [-0.2, 0) is 4.79 Å². The molecule has 0 aliphatic carbocycles. The highest BCUT2D eigenvalue weighted by atomic mass is 16.1. The minimum atomic E-state index is 0.114. The molecule has 0 rings (SSSR count). The highest BCUT2D eigenvalue weighted by Crippen LogP contribution is 1.97. The predicted octanol–water partition coefficient (Wildman–Crippen LogP) is 1.61. The molecular formula is C14H31N3O. The molecule has 4 heteroatoms. The molecule has 0 fully saturated rings. The Bertz CT molecular complexity index is 207. The van der Waals surface area contributed by atoms with E-state index in [9.17, 15) is 4.79 Å². The van der Waals surface area contributed by atoms with Crippen LogP contribution in [-0.4, -0.2) is 50.1 Å². The van der Waals surface area contributed by atoms with Crippen molar-refractivity contribution in [3.8, 4) is 0 Å². The lowest BCUT2D eigenvalue weighted by atomic mass is 10.2. The minimum absolute atomic E-state index is 0.114. The van der Waals surface area contributed by atoms with E-state index < -0.39 is 0 Å². The summed E-state index contributed by atoms with van der Waals surface area (Å²) in [6, 6.07) is 0.613. The molecule has 1 amide bonds. The second-order valence-electron chi connectivity index (χ2n) is 5.16. The van der Waals surface area contributed by atoms with Gasteiger partial charge in [0.05, 0.1) is 6.54 Å². The molecule has 0 aromatic heterocycles. The van der Waals surface area contributed by atoms with Crippen LogP contribution < -0.4 is 10.6 Å². The molecule has 0 saturated carbocycles. The van der Waals surface area contributed by atoms with Crippen molar-refractivity contribution in [1.29, 1.82) is 0 Å². The third-order valence-corrected chi connectivity index (χ3v) is 3.13. The van der Waals surface area contributed by atoms with E-state index in [0.29, 0.717) is 12.6 Å².